The topological polar surface area (TPSA) is 137 Å². The first-order chi connectivity index (χ1) is 19.4. The van der Waals surface area contributed by atoms with Gasteiger partial charge in [-0.05, 0) is 57.1 Å². The van der Waals surface area contributed by atoms with Gasteiger partial charge in [0.05, 0.1) is 18.8 Å². The lowest BCUT2D eigenvalue weighted by atomic mass is 9.88. The number of benzene rings is 2. The Morgan fingerprint density at radius 2 is 1.44 bits per heavy atom. The lowest BCUT2D eigenvalue weighted by molar-refractivity contribution is -0.133. The van der Waals surface area contributed by atoms with Crippen LogP contribution in [0.15, 0.2) is 60.7 Å². The highest BCUT2D eigenvalue weighted by Crippen LogP contribution is 2.20. The van der Waals surface area contributed by atoms with Gasteiger partial charge in [0.2, 0.25) is 11.8 Å². The van der Waals surface area contributed by atoms with E-state index in [1.54, 1.807) is 20.8 Å². The van der Waals surface area contributed by atoms with Crippen LogP contribution < -0.4 is 16.0 Å². The summed E-state index contributed by atoms with van der Waals surface area (Å²) in [5.74, 6) is -1.58. The maximum Gasteiger partial charge on any atom is 0.407 e. The number of carbonyl (C=O) groups is 3. The number of hydrogen-bond donors (Lipinski definition) is 5. The van der Waals surface area contributed by atoms with E-state index in [1.807, 2.05) is 74.5 Å². The second kappa shape index (κ2) is 16.7. The molecule has 5 atom stereocenters. The zero-order chi connectivity index (χ0) is 30.4. The van der Waals surface area contributed by atoms with Crippen LogP contribution >= 0.6 is 0 Å². The van der Waals surface area contributed by atoms with E-state index in [-0.39, 0.29) is 37.3 Å². The first kappa shape index (κ1) is 33.8. The predicted molar refractivity (Wildman–Crippen MR) is 159 cm³/mol. The summed E-state index contributed by atoms with van der Waals surface area (Å²) in [5, 5.41) is 29.0. The number of ether oxygens (including phenoxy) is 1. The minimum Gasteiger partial charge on any atom is -0.444 e. The Labute approximate surface area is 244 Å². The molecule has 0 saturated heterocycles. The van der Waals surface area contributed by atoms with Gasteiger partial charge in [-0.3, -0.25) is 9.59 Å². The number of nitrogens with one attached hydrogen (secondary N) is 3. The van der Waals surface area contributed by atoms with E-state index in [1.165, 1.54) is 0 Å². The van der Waals surface area contributed by atoms with Crippen LogP contribution in [0, 0.1) is 11.8 Å². The molecule has 9 heteroatoms. The lowest BCUT2D eigenvalue weighted by Crippen LogP contribution is -2.53. The molecule has 0 fully saturated rings. The van der Waals surface area contributed by atoms with Crippen LogP contribution in [0.5, 0.6) is 0 Å². The Hall–Kier alpha value is -3.43. The van der Waals surface area contributed by atoms with Gasteiger partial charge in [0.25, 0.3) is 0 Å². The molecule has 1 unspecified atom stereocenters. The second-order valence-electron chi connectivity index (χ2n) is 11.5. The van der Waals surface area contributed by atoms with Crippen molar-refractivity contribution >= 4 is 17.9 Å². The summed E-state index contributed by atoms with van der Waals surface area (Å²) in [6.07, 6.45) is -0.381. The van der Waals surface area contributed by atoms with Gasteiger partial charge in [0, 0.05) is 12.5 Å². The van der Waals surface area contributed by atoms with Crippen molar-refractivity contribution in [1.82, 2.24) is 16.0 Å². The standard InChI is InChI=1S/C32H47N3O6/c1-6-22(2)28(30(39)33-17-18-36)35-29(38)25(19-23-13-9-7-10-14-23)21-27(37)26(20-24-15-11-8-12-16-24)34-31(40)41-32(3,4)5/h7-16,22,25-28,36-37H,6,17-21H2,1-5H3,(H,33,39)(H,34,40)(H,35,38)/t22?,25-,26+,27+,28+/m1/s1. The highest BCUT2D eigenvalue weighted by molar-refractivity contribution is 5.88. The van der Waals surface area contributed by atoms with Crippen molar-refractivity contribution in [3.8, 4) is 0 Å². The highest BCUT2D eigenvalue weighted by Gasteiger charge is 2.33. The van der Waals surface area contributed by atoms with Crippen LogP contribution in [0.1, 0.15) is 58.6 Å². The summed E-state index contributed by atoms with van der Waals surface area (Å²) in [7, 11) is 0. The molecule has 0 aliphatic heterocycles. The van der Waals surface area contributed by atoms with Gasteiger partial charge < -0.3 is 30.9 Å². The summed E-state index contributed by atoms with van der Waals surface area (Å²) in [6, 6.07) is 17.4. The molecule has 0 heterocycles. The molecule has 226 valence electrons. The van der Waals surface area contributed by atoms with Crippen LogP contribution in [0.25, 0.3) is 0 Å². The monoisotopic (exact) mass is 569 g/mol. The fourth-order valence-electron chi connectivity index (χ4n) is 4.51. The maximum atomic E-state index is 13.7. The molecule has 5 N–H and O–H groups in total. The van der Waals surface area contributed by atoms with Gasteiger partial charge in [-0.15, -0.1) is 0 Å². The van der Waals surface area contributed by atoms with Crippen LogP contribution in [0.2, 0.25) is 0 Å². The molecule has 0 saturated carbocycles. The van der Waals surface area contributed by atoms with E-state index in [0.29, 0.717) is 19.3 Å². The first-order valence-electron chi connectivity index (χ1n) is 14.4. The molecule has 41 heavy (non-hydrogen) atoms. The Morgan fingerprint density at radius 3 is 1.95 bits per heavy atom. The fourth-order valence-corrected chi connectivity index (χ4v) is 4.51. The first-order valence-corrected chi connectivity index (χ1v) is 14.4. The molecular formula is C32H47N3O6. The molecule has 0 spiro atoms. The molecule has 9 nitrogen and oxygen atoms in total. The van der Waals surface area contributed by atoms with E-state index >= 15 is 0 Å². The Morgan fingerprint density at radius 1 is 0.878 bits per heavy atom. The number of aliphatic hydroxyl groups excluding tert-OH is 2. The van der Waals surface area contributed by atoms with Gasteiger partial charge in [-0.2, -0.15) is 0 Å². The van der Waals surface area contributed by atoms with Crippen LogP contribution in [0.3, 0.4) is 0 Å². The lowest BCUT2D eigenvalue weighted by Gasteiger charge is -2.30. The molecule has 2 rings (SSSR count). The normalized spacial score (nSPS) is 15.1. The van der Waals surface area contributed by atoms with Crippen LogP contribution in [-0.2, 0) is 27.2 Å². The van der Waals surface area contributed by atoms with Crippen molar-refractivity contribution in [2.75, 3.05) is 13.2 Å². The van der Waals surface area contributed by atoms with Crippen molar-refractivity contribution in [3.05, 3.63) is 71.8 Å². The number of aliphatic hydroxyl groups is 2. The molecule has 2 aromatic carbocycles. The zero-order valence-corrected chi connectivity index (χ0v) is 24.9. The maximum absolute atomic E-state index is 13.7. The summed E-state index contributed by atoms with van der Waals surface area (Å²) in [4.78, 5) is 39.3. The third-order valence-corrected chi connectivity index (χ3v) is 6.89. The van der Waals surface area contributed by atoms with Gasteiger partial charge in [-0.25, -0.2) is 4.79 Å². The minimum absolute atomic E-state index is 0.0412. The summed E-state index contributed by atoms with van der Waals surface area (Å²) < 4.78 is 5.45. The summed E-state index contributed by atoms with van der Waals surface area (Å²) in [5.41, 5.74) is 1.10. The minimum atomic E-state index is -1.09. The van der Waals surface area contributed by atoms with Crippen molar-refractivity contribution < 1.29 is 29.3 Å². The zero-order valence-electron chi connectivity index (χ0n) is 24.9. The average molecular weight is 570 g/mol. The molecular weight excluding hydrogens is 522 g/mol. The third kappa shape index (κ3) is 12.3. The molecule has 0 aliphatic carbocycles. The number of amides is 3. The van der Waals surface area contributed by atoms with E-state index in [2.05, 4.69) is 16.0 Å². The smallest absolute Gasteiger partial charge is 0.407 e. The molecule has 0 aliphatic rings. The van der Waals surface area contributed by atoms with Gasteiger partial charge in [0.15, 0.2) is 0 Å². The molecule has 0 bridgehead atoms. The largest absolute Gasteiger partial charge is 0.444 e. The molecule has 0 aromatic heterocycles. The molecule has 0 radical (unpaired) electrons. The number of rotatable bonds is 15. The van der Waals surface area contributed by atoms with Gasteiger partial charge in [-0.1, -0.05) is 80.9 Å². The van der Waals surface area contributed by atoms with Crippen LogP contribution in [-0.4, -0.2) is 65.1 Å². The van der Waals surface area contributed by atoms with Crippen molar-refractivity contribution in [2.24, 2.45) is 11.8 Å². The summed E-state index contributed by atoms with van der Waals surface area (Å²) in [6.45, 7) is 8.99. The fraction of sp³-hybridized carbons (Fsp3) is 0.531. The quantitative estimate of drug-likeness (QED) is 0.223. The molecule has 3 amide bonds. The highest BCUT2D eigenvalue weighted by atomic mass is 16.6. The van der Waals surface area contributed by atoms with E-state index in [4.69, 9.17) is 9.84 Å². The number of alkyl carbamates (subject to hydrolysis) is 1. The summed E-state index contributed by atoms with van der Waals surface area (Å²) >= 11 is 0. The average Bonchev–Trinajstić information content (AvgIpc) is 2.93. The van der Waals surface area contributed by atoms with Crippen molar-refractivity contribution in [2.45, 2.75) is 84.1 Å². The van der Waals surface area contributed by atoms with Gasteiger partial charge >= 0.3 is 6.09 Å². The Balaban J connectivity index is 2.32. The third-order valence-electron chi connectivity index (χ3n) is 6.89. The second-order valence-corrected chi connectivity index (χ2v) is 11.5. The van der Waals surface area contributed by atoms with Crippen molar-refractivity contribution in [3.63, 3.8) is 0 Å². The van der Waals surface area contributed by atoms with E-state index in [0.717, 1.165) is 11.1 Å². The Kier molecular flexibility index (Phi) is 13.8. The SMILES string of the molecule is CCC(C)[C@H](NC(=O)[C@H](Cc1ccccc1)C[C@H](O)[C@H](Cc1ccccc1)NC(=O)OC(C)(C)C)C(=O)NCCO. The van der Waals surface area contributed by atoms with Crippen molar-refractivity contribution in [1.29, 1.82) is 0 Å². The van der Waals surface area contributed by atoms with E-state index < -0.39 is 35.8 Å². The number of hydrogen-bond acceptors (Lipinski definition) is 6. The van der Waals surface area contributed by atoms with Gasteiger partial charge in [0.1, 0.15) is 11.6 Å². The van der Waals surface area contributed by atoms with E-state index in [9.17, 15) is 19.5 Å². The van der Waals surface area contributed by atoms with Crippen LogP contribution in [0.4, 0.5) is 4.79 Å². The number of carbonyl (C=O) groups excluding carboxylic acids is 3. The molecule has 2 aromatic rings. The Bertz CT molecular complexity index is 1070. The predicted octanol–water partition coefficient (Wildman–Crippen LogP) is 3.37.